The number of nitro groups is 1. The van der Waals surface area contributed by atoms with Gasteiger partial charge >= 0.3 is 0 Å². The van der Waals surface area contributed by atoms with Gasteiger partial charge in [0, 0.05) is 11.8 Å². The molecule has 0 fully saturated rings. The van der Waals surface area contributed by atoms with Gasteiger partial charge in [-0.1, -0.05) is 48.2 Å². The van der Waals surface area contributed by atoms with Crippen molar-refractivity contribution in [2.24, 2.45) is 0 Å². The van der Waals surface area contributed by atoms with Crippen molar-refractivity contribution in [1.29, 1.82) is 5.26 Å². The summed E-state index contributed by atoms with van der Waals surface area (Å²) in [5, 5.41) is 27.8. The highest BCUT2D eigenvalue weighted by Crippen LogP contribution is 2.37. The number of carbonyl (C=O) groups excluding carboxylic acids is 2. The molecule has 0 spiro atoms. The molecule has 142 valence electrons. The molecular weight excluding hydrogens is 394 g/mol. The van der Waals surface area contributed by atoms with E-state index in [1.165, 1.54) is 23.9 Å². The number of nitrogens with zero attached hydrogens (tertiary/aromatic N) is 4. The van der Waals surface area contributed by atoms with Crippen molar-refractivity contribution in [1.82, 2.24) is 10.2 Å². The first kappa shape index (κ1) is 18.4. The van der Waals surface area contributed by atoms with Gasteiger partial charge in [0.2, 0.25) is 0 Å². The summed E-state index contributed by atoms with van der Waals surface area (Å²) in [5.74, 6) is -1.16. The van der Waals surface area contributed by atoms with Crippen molar-refractivity contribution in [2.45, 2.75) is 10.8 Å². The van der Waals surface area contributed by atoms with Crippen LogP contribution in [0.3, 0.4) is 0 Å². The molecule has 9 nitrogen and oxygen atoms in total. The largest absolute Gasteiger partial charge is 0.283 e. The molecule has 1 aliphatic rings. The average molecular weight is 405 g/mol. The second-order valence-electron chi connectivity index (χ2n) is 6.04. The number of aromatic amines is 1. The number of carbonyl (C=O) groups is 2. The van der Waals surface area contributed by atoms with E-state index in [0.29, 0.717) is 10.8 Å². The third-order valence-corrected chi connectivity index (χ3v) is 5.40. The third kappa shape index (κ3) is 3.03. The molecule has 2 aromatic carbocycles. The van der Waals surface area contributed by atoms with Gasteiger partial charge in [-0.05, 0) is 11.6 Å². The van der Waals surface area contributed by atoms with Crippen LogP contribution in [0.25, 0.3) is 0 Å². The minimum Gasteiger partial charge on any atom is -0.268 e. The Morgan fingerprint density at radius 1 is 1.14 bits per heavy atom. The Morgan fingerprint density at radius 2 is 1.90 bits per heavy atom. The Balaban J connectivity index is 1.69. The van der Waals surface area contributed by atoms with Crippen LogP contribution in [0.5, 0.6) is 0 Å². The summed E-state index contributed by atoms with van der Waals surface area (Å²) in [7, 11) is 0. The van der Waals surface area contributed by atoms with Crippen LogP contribution in [0.2, 0.25) is 0 Å². The average Bonchev–Trinajstić information content (AvgIpc) is 3.25. The summed E-state index contributed by atoms with van der Waals surface area (Å²) in [4.78, 5) is 36.9. The Kier molecular flexibility index (Phi) is 4.58. The molecule has 0 aliphatic carbocycles. The number of aromatic nitrogens is 2. The first-order valence-corrected chi connectivity index (χ1v) is 9.33. The number of nitro benzene ring substituents is 1. The molecular formula is C19H11N5O4S. The number of nitriles is 1. The van der Waals surface area contributed by atoms with Gasteiger partial charge in [-0.15, -0.1) is 0 Å². The van der Waals surface area contributed by atoms with Crippen LogP contribution in [0.15, 0.2) is 53.6 Å². The maximum absolute atomic E-state index is 12.8. The molecule has 1 N–H and O–H groups in total. The maximum atomic E-state index is 12.8. The third-order valence-electron chi connectivity index (χ3n) is 4.36. The predicted molar refractivity (Wildman–Crippen MR) is 104 cm³/mol. The summed E-state index contributed by atoms with van der Waals surface area (Å²) >= 11 is 1.28. The van der Waals surface area contributed by atoms with E-state index < -0.39 is 22.4 Å². The van der Waals surface area contributed by atoms with Crippen molar-refractivity contribution >= 4 is 35.1 Å². The Labute approximate surface area is 168 Å². The Hall–Kier alpha value is -3.97. The topological polar surface area (TPSA) is 133 Å². The van der Waals surface area contributed by atoms with Gasteiger partial charge in [0.25, 0.3) is 17.5 Å². The van der Waals surface area contributed by atoms with E-state index >= 15 is 0 Å². The van der Waals surface area contributed by atoms with Crippen molar-refractivity contribution in [3.8, 4) is 6.07 Å². The minimum absolute atomic E-state index is 0.0306. The number of hydrogen-bond donors (Lipinski definition) is 1. The fourth-order valence-electron chi connectivity index (χ4n) is 3.03. The summed E-state index contributed by atoms with van der Waals surface area (Å²) in [5.41, 5.74) is 0.214. The number of imide groups is 1. The molecule has 0 saturated heterocycles. The Morgan fingerprint density at radius 3 is 2.59 bits per heavy atom. The van der Waals surface area contributed by atoms with Crippen LogP contribution in [0.4, 0.5) is 11.5 Å². The normalized spacial score (nSPS) is 12.7. The Bertz CT molecular complexity index is 1200. The van der Waals surface area contributed by atoms with Crippen LogP contribution < -0.4 is 4.90 Å². The van der Waals surface area contributed by atoms with Crippen LogP contribution in [-0.4, -0.2) is 26.9 Å². The standard InChI is InChI=1S/C19H11N5O4S/c20-9-13-16(21-22-17(13)29-10-11-5-2-1-3-6-11)23-18(25)12-7-4-8-14(24(27)28)15(12)19(23)26/h1-8H,10H2,(H,21,22). The van der Waals surface area contributed by atoms with Gasteiger partial charge in [-0.3, -0.25) is 24.8 Å². The second-order valence-corrected chi connectivity index (χ2v) is 7.01. The number of hydrogen-bond acceptors (Lipinski definition) is 7. The summed E-state index contributed by atoms with van der Waals surface area (Å²) in [6, 6.07) is 15.3. The van der Waals surface area contributed by atoms with Gasteiger partial charge in [0.05, 0.1) is 10.5 Å². The number of benzene rings is 2. The number of fused-ring (bicyclic) bond motifs is 1. The van der Waals surface area contributed by atoms with Gasteiger partial charge < -0.3 is 0 Å². The van der Waals surface area contributed by atoms with E-state index in [1.54, 1.807) is 0 Å². The lowest BCUT2D eigenvalue weighted by atomic mass is 10.1. The second kappa shape index (κ2) is 7.21. The van der Waals surface area contributed by atoms with E-state index in [9.17, 15) is 25.0 Å². The number of anilines is 1. The first-order valence-electron chi connectivity index (χ1n) is 8.34. The summed E-state index contributed by atoms with van der Waals surface area (Å²) < 4.78 is 0. The summed E-state index contributed by atoms with van der Waals surface area (Å²) in [6.45, 7) is 0. The monoisotopic (exact) mass is 405 g/mol. The van der Waals surface area contributed by atoms with Crippen molar-refractivity contribution in [2.75, 3.05) is 4.90 Å². The molecule has 3 aromatic rings. The lowest BCUT2D eigenvalue weighted by molar-refractivity contribution is -0.385. The lowest BCUT2D eigenvalue weighted by Crippen LogP contribution is -2.30. The van der Waals surface area contributed by atoms with Crippen LogP contribution in [0.1, 0.15) is 31.8 Å². The van der Waals surface area contributed by atoms with Crippen LogP contribution in [-0.2, 0) is 5.75 Å². The fourth-order valence-corrected chi connectivity index (χ4v) is 3.93. The molecule has 2 heterocycles. The van der Waals surface area contributed by atoms with Gasteiger partial charge in [-0.25, -0.2) is 4.90 Å². The van der Waals surface area contributed by atoms with Crippen molar-refractivity contribution in [3.05, 3.63) is 80.9 Å². The highest BCUT2D eigenvalue weighted by Gasteiger charge is 2.43. The van der Waals surface area contributed by atoms with Crippen molar-refractivity contribution in [3.63, 3.8) is 0 Å². The number of H-pyrrole nitrogens is 1. The molecule has 1 aromatic heterocycles. The number of thioether (sulfide) groups is 1. The zero-order valence-corrected chi connectivity index (χ0v) is 15.5. The minimum atomic E-state index is -0.864. The van der Waals surface area contributed by atoms with Crippen molar-refractivity contribution < 1.29 is 14.5 Å². The van der Waals surface area contributed by atoms with Crippen LogP contribution >= 0.6 is 11.8 Å². The number of nitrogens with one attached hydrogen (secondary N) is 1. The van der Waals surface area contributed by atoms with Gasteiger partial charge in [-0.2, -0.15) is 10.4 Å². The molecule has 29 heavy (non-hydrogen) atoms. The van der Waals surface area contributed by atoms with E-state index in [-0.39, 0.29) is 22.5 Å². The molecule has 0 unspecified atom stereocenters. The molecule has 0 bridgehead atoms. The number of rotatable bonds is 5. The highest BCUT2D eigenvalue weighted by atomic mass is 32.2. The zero-order chi connectivity index (χ0) is 20.5. The fraction of sp³-hybridized carbons (Fsp3) is 0.0526. The lowest BCUT2D eigenvalue weighted by Gasteiger charge is -2.11. The molecule has 0 radical (unpaired) electrons. The molecule has 4 rings (SSSR count). The predicted octanol–water partition coefficient (Wildman–Crippen LogP) is 3.28. The van der Waals surface area contributed by atoms with Gasteiger partial charge in [0.15, 0.2) is 5.82 Å². The molecule has 2 amide bonds. The maximum Gasteiger partial charge on any atom is 0.283 e. The highest BCUT2D eigenvalue weighted by molar-refractivity contribution is 7.98. The van der Waals surface area contributed by atoms with E-state index in [4.69, 9.17) is 0 Å². The molecule has 10 heteroatoms. The van der Waals surface area contributed by atoms with E-state index in [1.807, 2.05) is 36.4 Å². The number of amides is 2. The molecule has 0 atom stereocenters. The molecule has 1 aliphatic heterocycles. The first-order chi connectivity index (χ1) is 14.0. The SMILES string of the molecule is N#Cc1c(SCc2ccccc2)n[nH]c1N1C(=O)c2cccc([N+](=O)[O-])c2C1=O. The van der Waals surface area contributed by atoms with Gasteiger partial charge in [0.1, 0.15) is 22.2 Å². The quantitative estimate of drug-likeness (QED) is 0.298. The van der Waals surface area contributed by atoms with Crippen LogP contribution in [0, 0.1) is 21.4 Å². The summed E-state index contributed by atoms with van der Waals surface area (Å²) in [6.07, 6.45) is 0. The molecule has 0 saturated carbocycles. The van der Waals surface area contributed by atoms with E-state index in [0.717, 1.165) is 16.5 Å². The van der Waals surface area contributed by atoms with E-state index in [2.05, 4.69) is 10.2 Å². The zero-order valence-electron chi connectivity index (χ0n) is 14.7. The smallest absolute Gasteiger partial charge is 0.268 e.